The summed E-state index contributed by atoms with van der Waals surface area (Å²) in [7, 11) is 1.59. The number of amides is 1. The highest BCUT2D eigenvalue weighted by molar-refractivity contribution is 5.94. The number of benzene rings is 1. The maximum Gasteiger partial charge on any atom is 0.257 e. The van der Waals surface area contributed by atoms with Crippen molar-refractivity contribution >= 4 is 5.91 Å². The molecule has 0 radical (unpaired) electrons. The minimum atomic E-state index is -0.671. The highest BCUT2D eigenvalue weighted by Crippen LogP contribution is 2.23. The van der Waals surface area contributed by atoms with E-state index in [1.54, 1.807) is 22.9 Å². The minimum absolute atomic E-state index is 0.00278. The van der Waals surface area contributed by atoms with Crippen LogP contribution in [0.15, 0.2) is 36.7 Å². The molecule has 1 saturated heterocycles. The molecule has 1 aliphatic rings. The fraction of sp³-hybridized carbons (Fsp3) is 0.444. The van der Waals surface area contributed by atoms with E-state index in [1.807, 2.05) is 38.1 Å². The van der Waals surface area contributed by atoms with Gasteiger partial charge in [-0.3, -0.25) is 4.79 Å². The smallest absolute Gasteiger partial charge is 0.257 e. The van der Waals surface area contributed by atoms with Gasteiger partial charge in [0, 0.05) is 19.3 Å². The lowest BCUT2D eigenvalue weighted by Gasteiger charge is -2.17. The lowest BCUT2D eigenvalue weighted by Crippen LogP contribution is -2.31. The first-order chi connectivity index (χ1) is 12.0. The molecule has 2 heterocycles. The number of carbonyl (C=O) groups is 1. The second kappa shape index (κ2) is 7.25. The van der Waals surface area contributed by atoms with Gasteiger partial charge in [-0.1, -0.05) is 12.1 Å². The maximum absolute atomic E-state index is 12.7. The van der Waals surface area contributed by atoms with Crippen LogP contribution in [0.25, 0.3) is 5.69 Å². The van der Waals surface area contributed by atoms with E-state index in [-0.39, 0.29) is 24.7 Å². The van der Waals surface area contributed by atoms with E-state index in [9.17, 15) is 9.90 Å². The van der Waals surface area contributed by atoms with Crippen molar-refractivity contribution in [3.8, 4) is 11.4 Å². The molecular formula is C18H23N3O4. The van der Waals surface area contributed by atoms with Gasteiger partial charge in [-0.15, -0.1) is 0 Å². The Labute approximate surface area is 146 Å². The van der Waals surface area contributed by atoms with Gasteiger partial charge >= 0.3 is 0 Å². The van der Waals surface area contributed by atoms with Gasteiger partial charge in [-0.2, -0.15) is 5.10 Å². The molecule has 7 nitrogen and oxygen atoms in total. The van der Waals surface area contributed by atoms with Gasteiger partial charge in [0.05, 0.1) is 31.1 Å². The number of aliphatic hydroxyl groups excluding tert-OH is 1. The van der Waals surface area contributed by atoms with Gasteiger partial charge in [0.1, 0.15) is 17.5 Å². The highest BCUT2D eigenvalue weighted by Gasteiger charge is 2.36. The molecule has 0 bridgehead atoms. The number of aromatic nitrogens is 2. The minimum Gasteiger partial charge on any atom is -0.494 e. The molecule has 2 aromatic rings. The van der Waals surface area contributed by atoms with Crippen LogP contribution in [0.1, 0.15) is 24.2 Å². The summed E-state index contributed by atoms with van der Waals surface area (Å²) < 4.78 is 12.6. The predicted octanol–water partition coefficient (Wildman–Crippen LogP) is 1.49. The van der Waals surface area contributed by atoms with Crippen LogP contribution in [0, 0.1) is 0 Å². The molecule has 1 amide bonds. The zero-order chi connectivity index (χ0) is 18.0. The Morgan fingerprint density at radius 2 is 2.08 bits per heavy atom. The topological polar surface area (TPSA) is 76.8 Å². The highest BCUT2D eigenvalue weighted by atomic mass is 16.5. The summed E-state index contributed by atoms with van der Waals surface area (Å²) >= 11 is 0. The number of aliphatic hydroxyl groups is 1. The number of ether oxygens (including phenoxy) is 2. The summed E-state index contributed by atoms with van der Waals surface area (Å²) in [5.41, 5.74) is 1.22. The van der Waals surface area contributed by atoms with Crippen LogP contribution in [0.4, 0.5) is 0 Å². The summed E-state index contributed by atoms with van der Waals surface area (Å²) in [4.78, 5) is 14.3. The summed E-state index contributed by atoms with van der Waals surface area (Å²) in [5, 5.41) is 14.4. The van der Waals surface area contributed by atoms with Gasteiger partial charge in [0.25, 0.3) is 5.91 Å². The molecule has 7 heteroatoms. The lowest BCUT2D eigenvalue weighted by atomic mass is 10.2. The lowest BCUT2D eigenvalue weighted by molar-refractivity contribution is -0.0394. The van der Waals surface area contributed by atoms with E-state index in [1.165, 1.54) is 6.20 Å². The maximum atomic E-state index is 12.7. The van der Waals surface area contributed by atoms with Crippen LogP contribution < -0.4 is 4.74 Å². The second-order valence-electron chi connectivity index (χ2n) is 6.35. The summed E-state index contributed by atoms with van der Waals surface area (Å²) in [6, 6.07) is 7.46. The molecule has 0 spiro atoms. The summed E-state index contributed by atoms with van der Waals surface area (Å²) in [6.07, 6.45) is 2.17. The molecule has 1 N–H and O–H groups in total. The number of hydrogen-bond donors (Lipinski definition) is 1. The molecule has 1 aromatic heterocycles. The molecule has 1 aromatic carbocycles. The fourth-order valence-corrected chi connectivity index (χ4v) is 2.97. The molecule has 3 rings (SSSR count). The van der Waals surface area contributed by atoms with Gasteiger partial charge < -0.3 is 19.5 Å². The summed E-state index contributed by atoms with van der Waals surface area (Å²) in [5.74, 6) is 0.502. The van der Waals surface area contributed by atoms with Crippen molar-refractivity contribution in [1.29, 1.82) is 0 Å². The zero-order valence-electron chi connectivity index (χ0n) is 14.6. The number of likely N-dealkylation sites (tertiary alicyclic amines) is 1. The molecular weight excluding hydrogens is 322 g/mol. The Balaban J connectivity index is 1.75. The summed E-state index contributed by atoms with van der Waals surface area (Å²) in [6.45, 7) is 4.46. The third kappa shape index (κ3) is 3.67. The van der Waals surface area contributed by atoms with Crippen molar-refractivity contribution in [2.24, 2.45) is 0 Å². The average molecular weight is 345 g/mol. The number of methoxy groups -OCH3 is 1. The van der Waals surface area contributed by atoms with E-state index in [4.69, 9.17) is 9.47 Å². The first-order valence-corrected chi connectivity index (χ1v) is 8.30. The SMILES string of the molecule is COc1ccccc1-n1cc(C(=O)N2C[C@H](OC(C)C)[C@@H](O)C2)cn1. The number of rotatable bonds is 5. The van der Waals surface area contributed by atoms with Crippen molar-refractivity contribution in [2.75, 3.05) is 20.2 Å². The largest absolute Gasteiger partial charge is 0.494 e. The number of hydrogen-bond acceptors (Lipinski definition) is 5. The Bertz CT molecular complexity index is 743. The van der Waals surface area contributed by atoms with Crippen LogP contribution >= 0.6 is 0 Å². The first kappa shape index (κ1) is 17.4. The third-order valence-electron chi connectivity index (χ3n) is 4.13. The molecule has 1 aliphatic heterocycles. The van der Waals surface area contributed by atoms with Crippen LogP contribution in [0.3, 0.4) is 0 Å². The predicted molar refractivity (Wildman–Crippen MR) is 92.0 cm³/mol. The van der Waals surface area contributed by atoms with E-state index < -0.39 is 6.10 Å². The van der Waals surface area contributed by atoms with Gasteiger partial charge in [-0.05, 0) is 26.0 Å². The van der Waals surface area contributed by atoms with E-state index in [0.29, 0.717) is 17.9 Å². The molecule has 0 saturated carbocycles. The molecule has 0 unspecified atom stereocenters. The van der Waals surface area contributed by atoms with Crippen molar-refractivity contribution in [2.45, 2.75) is 32.2 Å². The van der Waals surface area contributed by atoms with Crippen LogP contribution in [-0.2, 0) is 4.74 Å². The Morgan fingerprint density at radius 3 is 2.80 bits per heavy atom. The molecule has 134 valence electrons. The van der Waals surface area contributed by atoms with E-state index in [0.717, 1.165) is 5.69 Å². The first-order valence-electron chi connectivity index (χ1n) is 8.30. The Morgan fingerprint density at radius 1 is 1.32 bits per heavy atom. The number of β-amino-alcohol motifs (C(OH)–C–C–N with tert-alkyl or cyclic N) is 1. The van der Waals surface area contributed by atoms with Crippen LogP contribution in [0.5, 0.6) is 5.75 Å². The van der Waals surface area contributed by atoms with Gasteiger partial charge in [-0.25, -0.2) is 4.68 Å². The fourth-order valence-electron chi connectivity index (χ4n) is 2.97. The Hall–Kier alpha value is -2.38. The normalized spacial score (nSPS) is 20.3. The van der Waals surface area contributed by atoms with Crippen molar-refractivity contribution in [1.82, 2.24) is 14.7 Å². The number of carbonyl (C=O) groups excluding carboxylic acids is 1. The third-order valence-corrected chi connectivity index (χ3v) is 4.13. The van der Waals surface area contributed by atoms with E-state index in [2.05, 4.69) is 5.10 Å². The van der Waals surface area contributed by atoms with E-state index >= 15 is 0 Å². The zero-order valence-corrected chi connectivity index (χ0v) is 14.6. The van der Waals surface area contributed by atoms with Crippen LogP contribution in [0.2, 0.25) is 0 Å². The second-order valence-corrected chi connectivity index (χ2v) is 6.35. The standard InChI is InChI=1S/C18H23N3O4/c1-12(2)25-17-11-20(10-15(17)22)18(23)13-8-19-21(9-13)14-6-4-5-7-16(14)24-3/h4-9,12,15,17,22H,10-11H2,1-3H3/t15-,17-/m0/s1. The van der Waals surface area contributed by atoms with Crippen molar-refractivity contribution < 1.29 is 19.4 Å². The van der Waals surface area contributed by atoms with Gasteiger partial charge in [0.15, 0.2) is 0 Å². The Kier molecular flexibility index (Phi) is 5.06. The molecule has 1 fully saturated rings. The van der Waals surface area contributed by atoms with Crippen molar-refractivity contribution in [3.63, 3.8) is 0 Å². The number of nitrogens with zero attached hydrogens (tertiary/aromatic N) is 3. The van der Waals surface area contributed by atoms with Crippen molar-refractivity contribution in [3.05, 3.63) is 42.2 Å². The quantitative estimate of drug-likeness (QED) is 0.888. The average Bonchev–Trinajstić information content (AvgIpc) is 3.21. The monoisotopic (exact) mass is 345 g/mol. The molecule has 2 atom stereocenters. The molecule has 25 heavy (non-hydrogen) atoms. The van der Waals surface area contributed by atoms with Crippen LogP contribution in [-0.4, -0.2) is 64.2 Å². The van der Waals surface area contributed by atoms with Gasteiger partial charge in [0.2, 0.25) is 0 Å². The number of para-hydroxylation sites is 2. The molecule has 0 aliphatic carbocycles.